The lowest BCUT2D eigenvalue weighted by Crippen LogP contribution is -2.27. The van der Waals surface area contributed by atoms with Crippen molar-refractivity contribution >= 4 is 5.82 Å². The van der Waals surface area contributed by atoms with Crippen LogP contribution in [-0.4, -0.2) is 11.0 Å². The molecule has 0 amide bonds. The molecule has 1 aromatic rings. The first-order chi connectivity index (χ1) is 6.40. The predicted octanol–water partition coefficient (Wildman–Crippen LogP) is 1.92. The molecule has 1 aliphatic carbocycles. The Hall–Kier alpha value is -1.56. The van der Waals surface area contributed by atoms with E-state index in [1.165, 1.54) is 19.3 Å². The summed E-state index contributed by atoms with van der Waals surface area (Å²) in [5, 5.41) is 12.1. The van der Waals surface area contributed by atoms with Crippen molar-refractivity contribution < 1.29 is 0 Å². The Labute approximate surface area is 77.4 Å². The highest BCUT2D eigenvalue weighted by atomic mass is 15.0. The summed E-state index contributed by atoms with van der Waals surface area (Å²) in [6.45, 7) is 0. The number of nitriles is 1. The zero-order valence-electron chi connectivity index (χ0n) is 7.33. The van der Waals surface area contributed by atoms with E-state index < -0.39 is 0 Å². The molecule has 1 fully saturated rings. The molecule has 0 aromatic carbocycles. The summed E-state index contributed by atoms with van der Waals surface area (Å²) in [7, 11) is 0. The van der Waals surface area contributed by atoms with E-state index in [1.807, 2.05) is 0 Å². The molecule has 66 valence electrons. The number of pyridine rings is 1. The van der Waals surface area contributed by atoms with Crippen LogP contribution in [0, 0.1) is 11.3 Å². The van der Waals surface area contributed by atoms with Gasteiger partial charge < -0.3 is 5.32 Å². The lowest BCUT2D eigenvalue weighted by molar-refractivity contribution is 0.444. The molecule has 1 heterocycles. The van der Waals surface area contributed by atoms with Gasteiger partial charge in [0.15, 0.2) is 0 Å². The van der Waals surface area contributed by atoms with Crippen molar-refractivity contribution in [3.63, 3.8) is 0 Å². The third kappa shape index (κ3) is 1.62. The fraction of sp³-hybridized carbons (Fsp3) is 0.400. The summed E-state index contributed by atoms with van der Waals surface area (Å²) in [5.74, 6) is 0.731. The molecule has 0 aliphatic heterocycles. The molecule has 1 N–H and O–H groups in total. The monoisotopic (exact) mass is 173 g/mol. The molecule has 0 spiro atoms. The van der Waals surface area contributed by atoms with Crippen molar-refractivity contribution in [3.05, 3.63) is 23.9 Å². The number of anilines is 1. The van der Waals surface area contributed by atoms with Gasteiger partial charge in [-0.2, -0.15) is 5.26 Å². The molecule has 0 bridgehead atoms. The SMILES string of the molecule is N#Cc1cccnc1NC1CCC1. The van der Waals surface area contributed by atoms with Crippen LogP contribution in [-0.2, 0) is 0 Å². The van der Waals surface area contributed by atoms with Crippen molar-refractivity contribution in [2.24, 2.45) is 0 Å². The molecular weight excluding hydrogens is 162 g/mol. The Balaban J connectivity index is 2.14. The van der Waals surface area contributed by atoms with Crippen molar-refractivity contribution in [1.82, 2.24) is 4.98 Å². The van der Waals surface area contributed by atoms with Crippen LogP contribution in [0.4, 0.5) is 5.82 Å². The minimum atomic E-state index is 0.530. The molecule has 1 saturated carbocycles. The summed E-state index contributed by atoms with van der Waals surface area (Å²) >= 11 is 0. The molecule has 0 radical (unpaired) electrons. The van der Waals surface area contributed by atoms with E-state index in [0.717, 1.165) is 5.82 Å². The third-order valence-corrected chi connectivity index (χ3v) is 2.37. The molecule has 0 saturated heterocycles. The molecule has 0 atom stereocenters. The average molecular weight is 173 g/mol. The summed E-state index contributed by atoms with van der Waals surface area (Å²) in [6.07, 6.45) is 5.39. The third-order valence-electron chi connectivity index (χ3n) is 2.37. The number of nitrogens with one attached hydrogen (secondary N) is 1. The summed E-state index contributed by atoms with van der Waals surface area (Å²) < 4.78 is 0. The van der Waals surface area contributed by atoms with Gasteiger partial charge in [0.1, 0.15) is 11.9 Å². The molecule has 13 heavy (non-hydrogen) atoms. The number of hydrogen-bond donors (Lipinski definition) is 1. The second kappa shape index (κ2) is 3.44. The van der Waals surface area contributed by atoms with Crippen LogP contribution < -0.4 is 5.32 Å². The van der Waals surface area contributed by atoms with Gasteiger partial charge in [-0.05, 0) is 31.4 Å². The van der Waals surface area contributed by atoms with Crippen LogP contribution in [0.3, 0.4) is 0 Å². The van der Waals surface area contributed by atoms with Crippen LogP contribution >= 0.6 is 0 Å². The lowest BCUT2D eigenvalue weighted by Gasteiger charge is -2.27. The fourth-order valence-corrected chi connectivity index (χ4v) is 1.36. The minimum Gasteiger partial charge on any atom is -0.366 e. The van der Waals surface area contributed by atoms with Crippen LogP contribution in [0.5, 0.6) is 0 Å². The van der Waals surface area contributed by atoms with Gasteiger partial charge in [0, 0.05) is 12.2 Å². The first-order valence-corrected chi connectivity index (χ1v) is 4.52. The summed E-state index contributed by atoms with van der Waals surface area (Å²) in [6, 6.07) is 6.22. The maximum atomic E-state index is 8.79. The topological polar surface area (TPSA) is 48.7 Å². The molecule has 0 unspecified atom stereocenters. The largest absolute Gasteiger partial charge is 0.366 e. The van der Waals surface area contributed by atoms with Crippen molar-refractivity contribution in [3.8, 4) is 6.07 Å². The normalized spacial score (nSPS) is 15.9. The van der Waals surface area contributed by atoms with Crippen molar-refractivity contribution in [2.45, 2.75) is 25.3 Å². The Bertz CT molecular complexity index is 336. The first-order valence-electron chi connectivity index (χ1n) is 4.52. The highest BCUT2D eigenvalue weighted by Gasteiger charge is 2.18. The van der Waals surface area contributed by atoms with Gasteiger partial charge in [-0.25, -0.2) is 4.98 Å². The minimum absolute atomic E-state index is 0.530. The van der Waals surface area contributed by atoms with Crippen LogP contribution in [0.1, 0.15) is 24.8 Å². The Morgan fingerprint density at radius 2 is 2.38 bits per heavy atom. The van der Waals surface area contributed by atoms with Gasteiger partial charge in [-0.1, -0.05) is 0 Å². The summed E-state index contributed by atoms with van der Waals surface area (Å²) in [4.78, 5) is 4.14. The van der Waals surface area contributed by atoms with Gasteiger partial charge in [0.25, 0.3) is 0 Å². The highest BCUT2D eigenvalue weighted by molar-refractivity contribution is 5.51. The second-order valence-corrected chi connectivity index (χ2v) is 3.28. The molecule has 1 aromatic heterocycles. The van der Waals surface area contributed by atoms with E-state index in [1.54, 1.807) is 18.3 Å². The number of nitrogens with zero attached hydrogens (tertiary/aromatic N) is 2. The van der Waals surface area contributed by atoms with E-state index in [0.29, 0.717) is 11.6 Å². The molecule has 3 nitrogen and oxygen atoms in total. The van der Waals surface area contributed by atoms with Gasteiger partial charge in [0.2, 0.25) is 0 Å². The van der Waals surface area contributed by atoms with Crippen molar-refractivity contribution in [1.29, 1.82) is 5.26 Å². The molecule has 1 aliphatic rings. The number of aromatic nitrogens is 1. The summed E-state index contributed by atoms with van der Waals surface area (Å²) in [5.41, 5.74) is 0.634. The Morgan fingerprint density at radius 3 is 3.00 bits per heavy atom. The van der Waals surface area contributed by atoms with Gasteiger partial charge in [-0.3, -0.25) is 0 Å². The second-order valence-electron chi connectivity index (χ2n) is 3.28. The predicted molar refractivity (Wildman–Crippen MR) is 50.2 cm³/mol. The van der Waals surface area contributed by atoms with E-state index in [4.69, 9.17) is 5.26 Å². The average Bonchev–Trinajstić information content (AvgIpc) is 2.12. The van der Waals surface area contributed by atoms with E-state index in [9.17, 15) is 0 Å². The van der Waals surface area contributed by atoms with E-state index in [-0.39, 0.29) is 0 Å². The van der Waals surface area contributed by atoms with E-state index in [2.05, 4.69) is 16.4 Å². The fourth-order valence-electron chi connectivity index (χ4n) is 1.36. The maximum Gasteiger partial charge on any atom is 0.144 e. The molecule has 3 heteroatoms. The zero-order valence-corrected chi connectivity index (χ0v) is 7.33. The van der Waals surface area contributed by atoms with Gasteiger partial charge in [0.05, 0.1) is 5.56 Å². The highest BCUT2D eigenvalue weighted by Crippen LogP contribution is 2.23. The first kappa shape index (κ1) is 8.06. The number of hydrogen-bond acceptors (Lipinski definition) is 3. The smallest absolute Gasteiger partial charge is 0.144 e. The lowest BCUT2D eigenvalue weighted by atomic mass is 9.93. The molecule has 2 rings (SSSR count). The van der Waals surface area contributed by atoms with Crippen LogP contribution in [0.15, 0.2) is 18.3 Å². The van der Waals surface area contributed by atoms with Gasteiger partial charge in [-0.15, -0.1) is 0 Å². The Morgan fingerprint density at radius 1 is 1.54 bits per heavy atom. The Kier molecular flexibility index (Phi) is 2.13. The number of rotatable bonds is 2. The maximum absolute atomic E-state index is 8.79. The van der Waals surface area contributed by atoms with Crippen LogP contribution in [0.2, 0.25) is 0 Å². The van der Waals surface area contributed by atoms with Crippen molar-refractivity contribution in [2.75, 3.05) is 5.32 Å². The van der Waals surface area contributed by atoms with Gasteiger partial charge >= 0.3 is 0 Å². The quantitative estimate of drug-likeness (QED) is 0.743. The zero-order chi connectivity index (χ0) is 9.10. The standard InChI is InChI=1S/C10H11N3/c11-7-8-3-2-6-12-10(8)13-9-4-1-5-9/h2-3,6,9H,1,4-5H2,(H,12,13). The van der Waals surface area contributed by atoms with Crippen LogP contribution in [0.25, 0.3) is 0 Å². The van der Waals surface area contributed by atoms with E-state index >= 15 is 0 Å². The molecular formula is C10H11N3.